The van der Waals surface area contributed by atoms with Crippen molar-refractivity contribution in [3.05, 3.63) is 28.7 Å². The van der Waals surface area contributed by atoms with E-state index in [1.165, 1.54) is 0 Å². The van der Waals surface area contributed by atoms with E-state index in [1.54, 1.807) is 24.3 Å². The van der Waals surface area contributed by atoms with E-state index in [1.807, 2.05) is 0 Å². The first kappa shape index (κ1) is 10.8. The van der Waals surface area contributed by atoms with E-state index in [0.717, 1.165) is 9.48 Å². The van der Waals surface area contributed by atoms with Gasteiger partial charge in [0.05, 0.1) is 12.1 Å². The Morgan fingerprint density at radius 1 is 1.38 bits per heavy atom. The van der Waals surface area contributed by atoms with Gasteiger partial charge in [0, 0.05) is 4.47 Å². The Morgan fingerprint density at radius 3 is 2.50 bits per heavy atom. The summed E-state index contributed by atoms with van der Waals surface area (Å²) in [7, 11) is 0. The molecule has 82 valence electrons. The van der Waals surface area contributed by atoms with E-state index in [-0.39, 0.29) is 18.0 Å². The number of carboxylic acids is 1. The smallest absolute Gasteiger partial charge is 0.352 e. The molecule has 1 aliphatic rings. The van der Waals surface area contributed by atoms with Crippen molar-refractivity contribution in [1.29, 1.82) is 0 Å². The molecule has 0 saturated heterocycles. The Morgan fingerprint density at radius 2 is 2.00 bits per heavy atom. The summed E-state index contributed by atoms with van der Waals surface area (Å²) in [5, 5.41) is 13.6. The molecule has 6 heteroatoms. The van der Waals surface area contributed by atoms with E-state index >= 15 is 0 Å². The van der Waals surface area contributed by atoms with E-state index < -0.39 is 5.97 Å². The van der Waals surface area contributed by atoms with Gasteiger partial charge in [0.2, 0.25) is 0 Å². The molecule has 0 spiro atoms. The maximum Gasteiger partial charge on any atom is 0.352 e. The van der Waals surface area contributed by atoms with Gasteiger partial charge in [0.15, 0.2) is 5.71 Å². The fourth-order valence-corrected chi connectivity index (χ4v) is 1.60. The van der Waals surface area contributed by atoms with Gasteiger partial charge in [0.1, 0.15) is 0 Å². The minimum atomic E-state index is -1.16. The third kappa shape index (κ3) is 1.96. The summed E-state index contributed by atoms with van der Waals surface area (Å²) in [5.41, 5.74) is 0.428. The summed E-state index contributed by atoms with van der Waals surface area (Å²) in [6.07, 6.45) is -0.161. The number of carboxylic acid groups (broad SMARTS) is 1. The maximum absolute atomic E-state index is 11.5. The molecule has 0 radical (unpaired) electrons. The Bertz CT molecular complexity index is 481. The molecule has 2 rings (SSSR count). The first-order valence-electron chi connectivity index (χ1n) is 4.47. The Labute approximate surface area is 99.5 Å². The molecule has 0 aromatic heterocycles. The molecule has 0 bridgehead atoms. The van der Waals surface area contributed by atoms with Crippen LogP contribution in [0.3, 0.4) is 0 Å². The molecule has 1 amide bonds. The zero-order valence-corrected chi connectivity index (χ0v) is 9.64. The fraction of sp³-hybridized carbons (Fsp3) is 0.100. The van der Waals surface area contributed by atoms with Crippen LogP contribution in [0.5, 0.6) is 0 Å². The number of hydrogen-bond donors (Lipinski definition) is 1. The van der Waals surface area contributed by atoms with Gasteiger partial charge < -0.3 is 5.11 Å². The Balaban J connectivity index is 2.31. The molecule has 5 nitrogen and oxygen atoms in total. The lowest BCUT2D eigenvalue weighted by Crippen LogP contribution is -2.19. The predicted molar refractivity (Wildman–Crippen MR) is 61.3 cm³/mol. The summed E-state index contributed by atoms with van der Waals surface area (Å²) in [6, 6.07) is 6.90. The lowest BCUT2D eigenvalue weighted by Gasteiger charge is -2.10. The van der Waals surface area contributed by atoms with Crippen LogP contribution in [0.15, 0.2) is 33.8 Å². The van der Waals surface area contributed by atoms with Crippen LogP contribution in [-0.2, 0) is 9.59 Å². The quantitative estimate of drug-likeness (QED) is 0.896. The van der Waals surface area contributed by atoms with Crippen LogP contribution in [0.2, 0.25) is 0 Å². The van der Waals surface area contributed by atoms with Crippen molar-refractivity contribution in [3.63, 3.8) is 0 Å². The van der Waals surface area contributed by atoms with Crippen LogP contribution in [0.25, 0.3) is 0 Å². The molecular weight excluding hydrogens is 276 g/mol. The molecule has 1 aromatic carbocycles. The number of carbonyl (C=O) groups excluding carboxylic acids is 1. The van der Waals surface area contributed by atoms with Gasteiger partial charge in [-0.05, 0) is 24.3 Å². The highest BCUT2D eigenvalue weighted by Crippen LogP contribution is 2.22. The average molecular weight is 283 g/mol. The standard InChI is InChI=1S/C10H7BrN2O3/c11-6-1-3-7(4-2-6)13-9(14)5-8(12-13)10(15)16/h1-4H,5H2,(H,15,16). The molecular formula is C10H7BrN2O3. The average Bonchev–Trinajstić information content (AvgIpc) is 2.62. The zero-order valence-electron chi connectivity index (χ0n) is 8.05. The third-order valence-corrected chi connectivity index (χ3v) is 2.62. The minimum Gasteiger partial charge on any atom is -0.477 e. The Hall–Kier alpha value is -1.69. The van der Waals surface area contributed by atoms with Crippen molar-refractivity contribution in [2.45, 2.75) is 6.42 Å². The normalized spacial score (nSPS) is 15.2. The topological polar surface area (TPSA) is 70.0 Å². The van der Waals surface area contributed by atoms with Crippen molar-refractivity contribution < 1.29 is 14.7 Å². The van der Waals surface area contributed by atoms with Crippen LogP contribution in [-0.4, -0.2) is 22.7 Å². The minimum absolute atomic E-state index is 0.132. The molecule has 0 fully saturated rings. The van der Waals surface area contributed by atoms with Crippen molar-refractivity contribution in [2.75, 3.05) is 5.01 Å². The number of benzene rings is 1. The molecule has 1 aromatic rings. The molecule has 1 N–H and O–H groups in total. The van der Waals surface area contributed by atoms with E-state index in [4.69, 9.17) is 5.11 Å². The number of anilines is 1. The van der Waals surface area contributed by atoms with Crippen LogP contribution < -0.4 is 5.01 Å². The van der Waals surface area contributed by atoms with Gasteiger partial charge in [-0.15, -0.1) is 0 Å². The van der Waals surface area contributed by atoms with Gasteiger partial charge in [0.25, 0.3) is 5.91 Å². The summed E-state index contributed by atoms with van der Waals surface area (Å²) >= 11 is 3.27. The van der Waals surface area contributed by atoms with Gasteiger partial charge in [-0.2, -0.15) is 10.1 Å². The SMILES string of the molecule is O=C(O)C1=NN(c2ccc(Br)cc2)C(=O)C1. The first-order chi connectivity index (χ1) is 7.58. The van der Waals surface area contributed by atoms with E-state index in [2.05, 4.69) is 21.0 Å². The maximum atomic E-state index is 11.5. The van der Waals surface area contributed by atoms with Gasteiger partial charge in [-0.1, -0.05) is 15.9 Å². The number of carbonyl (C=O) groups is 2. The second kappa shape index (κ2) is 4.05. The van der Waals surface area contributed by atoms with Crippen molar-refractivity contribution >= 4 is 39.2 Å². The monoisotopic (exact) mass is 282 g/mol. The number of rotatable bonds is 2. The highest BCUT2D eigenvalue weighted by molar-refractivity contribution is 9.10. The van der Waals surface area contributed by atoms with Crippen molar-refractivity contribution in [3.8, 4) is 0 Å². The van der Waals surface area contributed by atoms with Crippen LogP contribution in [0.4, 0.5) is 5.69 Å². The van der Waals surface area contributed by atoms with Crippen LogP contribution in [0, 0.1) is 0 Å². The van der Waals surface area contributed by atoms with E-state index in [0.29, 0.717) is 5.69 Å². The Kier molecular flexibility index (Phi) is 2.74. The number of nitrogens with zero attached hydrogens (tertiary/aromatic N) is 2. The molecule has 0 unspecified atom stereocenters. The summed E-state index contributed by atoms with van der Waals surface area (Å²) in [4.78, 5) is 22.2. The summed E-state index contributed by atoms with van der Waals surface area (Å²) < 4.78 is 0.880. The number of hydrazone groups is 1. The highest BCUT2D eigenvalue weighted by Gasteiger charge is 2.28. The largest absolute Gasteiger partial charge is 0.477 e. The lowest BCUT2D eigenvalue weighted by molar-refractivity contribution is -0.129. The van der Waals surface area contributed by atoms with Crippen molar-refractivity contribution in [1.82, 2.24) is 0 Å². The number of amides is 1. The van der Waals surface area contributed by atoms with E-state index in [9.17, 15) is 9.59 Å². The summed E-state index contributed by atoms with van der Waals surface area (Å²) in [5.74, 6) is -1.49. The molecule has 0 aliphatic carbocycles. The zero-order chi connectivity index (χ0) is 11.7. The molecule has 1 heterocycles. The van der Waals surface area contributed by atoms with Crippen LogP contribution >= 0.6 is 15.9 Å². The molecule has 0 saturated carbocycles. The molecule has 1 aliphatic heterocycles. The summed E-state index contributed by atoms with van der Waals surface area (Å²) in [6.45, 7) is 0. The van der Waals surface area contributed by atoms with Gasteiger partial charge in [-0.3, -0.25) is 4.79 Å². The predicted octanol–water partition coefficient (Wildman–Crippen LogP) is 1.63. The van der Waals surface area contributed by atoms with Crippen molar-refractivity contribution in [2.24, 2.45) is 5.10 Å². The van der Waals surface area contributed by atoms with Crippen LogP contribution in [0.1, 0.15) is 6.42 Å². The number of aliphatic carboxylic acids is 1. The number of halogens is 1. The second-order valence-corrected chi connectivity index (χ2v) is 4.13. The highest BCUT2D eigenvalue weighted by atomic mass is 79.9. The molecule has 16 heavy (non-hydrogen) atoms. The fourth-order valence-electron chi connectivity index (χ4n) is 1.33. The van der Waals surface area contributed by atoms with Gasteiger partial charge >= 0.3 is 5.97 Å². The third-order valence-electron chi connectivity index (χ3n) is 2.09. The number of hydrogen-bond acceptors (Lipinski definition) is 3. The van der Waals surface area contributed by atoms with Gasteiger partial charge in [-0.25, -0.2) is 4.79 Å². The first-order valence-corrected chi connectivity index (χ1v) is 5.26. The lowest BCUT2D eigenvalue weighted by atomic mass is 10.2. The molecule has 0 atom stereocenters. The second-order valence-electron chi connectivity index (χ2n) is 3.21.